The summed E-state index contributed by atoms with van der Waals surface area (Å²) in [5, 5.41) is 20.1. The Labute approximate surface area is 179 Å². The monoisotopic (exact) mass is 414 g/mol. The fourth-order valence-electron chi connectivity index (χ4n) is 2.96. The number of phenolic OH excluding ortho intramolecular Hbond substituents is 1. The van der Waals surface area contributed by atoms with Gasteiger partial charge in [0, 0.05) is 28.8 Å². The molecule has 7 N–H and O–H groups in total. The number of hydrogen-bond donors (Lipinski definition) is 5. The number of nitrogens with two attached hydrogens (primary N) is 2. The van der Waals surface area contributed by atoms with Crippen molar-refractivity contribution < 1.29 is 14.7 Å². The lowest BCUT2D eigenvalue weighted by atomic mass is 10.0. The van der Waals surface area contributed by atoms with Gasteiger partial charge in [-0.05, 0) is 53.6 Å². The Morgan fingerprint density at radius 2 is 1.61 bits per heavy atom. The van der Waals surface area contributed by atoms with Crippen molar-refractivity contribution in [3.05, 3.63) is 95.1 Å². The first-order valence-corrected chi connectivity index (χ1v) is 9.47. The molecule has 0 radical (unpaired) electrons. The van der Waals surface area contributed by atoms with Crippen LogP contribution in [0.25, 0.3) is 17.2 Å². The molecular weight excluding hydrogens is 392 g/mol. The molecular formula is C24H22N4O3. The first-order valence-electron chi connectivity index (χ1n) is 9.47. The molecule has 0 bridgehead atoms. The van der Waals surface area contributed by atoms with Crippen LogP contribution >= 0.6 is 0 Å². The van der Waals surface area contributed by atoms with Crippen LogP contribution in [0.2, 0.25) is 0 Å². The van der Waals surface area contributed by atoms with Crippen molar-refractivity contribution >= 4 is 23.7 Å². The summed E-state index contributed by atoms with van der Waals surface area (Å²) in [4.78, 5) is 23.7. The molecule has 0 atom stereocenters. The Morgan fingerprint density at radius 3 is 2.29 bits per heavy atom. The van der Waals surface area contributed by atoms with E-state index in [1.807, 2.05) is 6.07 Å². The van der Waals surface area contributed by atoms with Gasteiger partial charge in [0.1, 0.15) is 11.6 Å². The van der Waals surface area contributed by atoms with E-state index in [-0.39, 0.29) is 24.0 Å². The Bertz CT molecular complexity index is 1170. The second-order valence-corrected chi connectivity index (χ2v) is 6.82. The third-order valence-corrected chi connectivity index (χ3v) is 4.64. The van der Waals surface area contributed by atoms with E-state index in [1.165, 1.54) is 6.07 Å². The van der Waals surface area contributed by atoms with Crippen LogP contribution in [0, 0.1) is 5.41 Å². The number of amides is 2. The summed E-state index contributed by atoms with van der Waals surface area (Å²) >= 11 is 0. The second kappa shape index (κ2) is 9.41. The molecule has 31 heavy (non-hydrogen) atoms. The van der Waals surface area contributed by atoms with Crippen molar-refractivity contribution in [3.63, 3.8) is 0 Å². The third-order valence-electron chi connectivity index (χ3n) is 4.64. The maximum Gasteiger partial charge on any atom is 0.251 e. The molecule has 7 heteroatoms. The molecule has 3 aromatic carbocycles. The highest BCUT2D eigenvalue weighted by Gasteiger charge is 2.07. The highest BCUT2D eigenvalue weighted by atomic mass is 16.3. The van der Waals surface area contributed by atoms with Gasteiger partial charge in [-0.25, -0.2) is 0 Å². The topological polar surface area (TPSA) is 142 Å². The number of benzene rings is 3. The van der Waals surface area contributed by atoms with Gasteiger partial charge < -0.3 is 21.9 Å². The van der Waals surface area contributed by atoms with Crippen molar-refractivity contribution in [2.45, 2.75) is 0 Å². The zero-order valence-corrected chi connectivity index (χ0v) is 16.6. The lowest BCUT2D eigenvalue weighted by molar-refractivity contribution is 0.0956. The SMILES string of the molecule is N=C(N)c1ccc(O)c(/C=C/CNC(=O)c2ccc(-c3cccc(C(N)=O)c3)cc2)c1. The van der Waals surface area contributed by atoms with E-state index in [4.69, 9.17) is 16.9 Å². The molecule has 3 aromatic rings. The van der Waals surface area contributed by atoms with Crippen molar-refractivity contribution in [1.29, 1.82) is 5.41 Å². The zero-order chi connectivity index (χ0) is 22.4. The van der Waals surface area contributed by atoms with Gasteiger partial charge in [-0.1, -0.05) is 36.4 Å². The Kier molecular flexibility index (Phi) is 6.47. The van der Waals surface area contributed by atoms with Gasteiger partial charge in [0.2, 0.25) is 5.91 Å². The van der Waals surface area contributed by atoms with Crippen molar-refractivity contribution in [1.82, 2.24) is 5.32 Å². The van der Waals surface area contributed by atoms with E-state index in [2.05, 4.69) is 5.32 Å². The molecule has 2 amide bonds. The normalized spacial score (nSPS) is 10.7. The molecule has 0 aromatic heterocycles. The molecule has 0 unspecified atom stereocenters. The average molecular weight is 414 g/mol. The van der Waals surface area contributed by atoms with Gasteiger partial charge >= 0.3 is 0 Å². The molecule has 0 saturated heterocycles. The van der Waals surface area contributed by atoms with Gasteiger partial charge in [0.15, 0.2) is 0 Å². The minimum Gasteiger partial charge on any atom is -0.507 e. The molecule has 7 nitrogen and oxygen atoms in total. The summed E-state index contributed by atoms with van der Waals surface area (Å²) in [5.74, 6) is -0.771. The number of hydrogen-bond acceptors (Lipinski definition) is 4. The van der Waals surface area contributed by atoms with Crippen LogP contribution in [0.5, 0.6) is 5.75 Å². The number of nitrogen functional groups attached to an aromatic ring is 1. The molecule has 0 aliphatic rings. The fourth-order valence-corrected chi connectivity index (χ4v) is 2.96. The summed E-state index contributed by atoms with van der Waals surface area (Å²) in [6.45, 7) is 0.255. The number of carbonyl (C=O) groups excluding carboxylic acids is 2. The van der Waals surface area contributed by atoms with Crippen molar-refractivity contribution in [2.24, 2.45) is 11.5 Å². The van der Waals surface area contributed by atoms with Crippen LogP contribution in [0.15, 0.2) is 72.8 Å². The molecule has 0 heterocycles. The molecule has 0 fully saturated rings. The fraction of sp³-hybridized carbons (Fsp3) is 0.0417. The Hall–Kier alpha value is -4.39. The molecule has 0 aliphatic carbocycles. The standard InChI is InChI=1S/C24H22N4O3/c25-22(26)19-10-11-21(29)18(14-19)5-2-12-28-24(31)16-8-6-15(7-9-16)17-3-1-4-20(13-17)23(27)30/h1-11,13-14,29H,12H2,(H3,25,26)(H2,27,30)(H,28,31)/b5-2+. The Morgan fingerprint density at radius 1 is 0.903 bits per heavy atom. The van der Waals surface area contributed by atoms with Gasteiger partial charge in [-0.15, -0.1) is 0 Å². The van der Waals surface area contributed by atoms with E-state index >= 15 is 0 Å². The highest BCUT2D eigenvalue weighted by molar-refractivity contribution is 5.96. The number of nitrogens with one attached hydrogen (secondary N) is 2. The number of primary amides is 1. The smallest absolute Gasteiger partial charge is 0.251 e. The van der Waals surface area contributed by atoms with E-state index in [9.17, 15) is 14.7 Å². The third kappa shape index (κ3) is 5.36. The van der Waals surface area contributed by atoms with Gasteiger partial charge in [0.05, 0.1) is 0 Å². The van der Waals surface area contributed by atoms with Crippen LogP contribution in [-0.4, -0.2) is 29.3 Å². The van der Waals surface area contributed by atoms with Crippen LogP contribution < -0.4 is 16.8 Å². The lowest BCUT2D eigenvalue weighted by Crippen LogP contribution is -2.23. The van der Waals surface area contributed by atoms with Gasteiger partial charge in [0.25, 0.3) is 5.91 Å². The van der Waals surface area contributed by atoms with E-state index in [0.717, 1.165) is 11.1 Å². The lowest BCUT2D eigenvalue weighted by Gasteiger charge is -2.06. The largest absolute Gasteiger partial charge is 0.507 e. The maximum atomic E-state index is 12.4. The molecule has 0 aliphatic heterocycles. The highest BCUT2D eigenvalue weighted by Crippen LogP contribution is 2.21. The first kappa shape index (κ1) is 21.3. The number of carbonyl (C=O) groups is 2. The number of rotatable bonds is 7. The summed E-state index contributed by atoms with van der Waals surface area (Å²) in [6, 6.07) is 18.6. The van der Waals surface area contributed by atoms with Gasteiger partial charge in [-0.3, -0.25) is 15.0 Å². The quantitative estimate of drug-likeness (QED) is 0.299. The molecule has 156 valence electrons. The number of amidine groups is 1. The minimum atomic E-state index is -0.493. The van der Waals surface area contributed by atoms with Crippen LogP contribution in [0.3, 0.4) is 0 Å². The maximum absolute atomic E-state index is 12.4. The minimum absolute atomic E-state index is 0.0589. The van der Waals surface area contributed by atoms with Gasteiger partial charge in [-0.2, -0.15) is 0 Å². The summed E-state index contributed by atoms with van der Waals surface area (Å²) in [7, 11) is 0. The van der Waals surface area contributed by atoms with E-state index in [1.54, 1.807) is 66.7 Å². The Balaban J connectivity index is 1.62. The zero-order valence-electron chi connectivity index (χ0n) is 16.6. The van der Waals surface area contributed by atoms with Crippen LogP contribution in [0.1, 0.15) is 31.8 Å². The summed E-state index contributed by atoms with van der Waals surface area (Å²) in [6.07, 6.45) is 3.34. The average Bonchev–Trinajstić information content (AvgIpc) is 2.77. The van der Waals surface area contributed by atoms with Crippen LogP contribution in [-0.2, 0) is 0 Å². The van der Waals surface area contributed by atoms with Crippen molar-refractivity contribution in [3.8, 4) is 16.9 Å². The van der Waals surface area contributed by atoms with Crippen LogP contribution in [0.4, 0.5) is 0 Å². The molecule has 0 spiro atoms. The summed E-state index contributed by atoms with van der Waals surface area (Å²) < 4.78 is 0. The summed E-state index contributed by atoms with van der Waals surface area (Å²) in [5.41, 5.74) is 14.4. The first-order chi connectivity index (χ1) is 14.8. The number of phenols is 1. The predicted molar refractivity (Wildman–Crippen MR) is 121 cm³/mol. The van der Waals surface area contributed by atoms with E-state index < -0.39 is 5.91 Å². The number of aromatic hydroxyl groups is 1. The molecule has 0 saturated carbocycles. The predicted octanol–water partition coefficient (Wildman–Crippen LogP) is 2.89. The van der Waals surface area contributed by atoms with E-state index in [0.29, 0.717) is 22.3 Å². The van der Waals surface area contributed by atoms with Crippen molar-refractivity contribution in [2.75, 3.05) is 6.54 Å². The second-order valence-electron chi connectivity index (χ2n) is 6.82. The molecule has 3 rings (SSSR count).